The smallest absolute Gasteiger partial charge is 0.319 e. The summed E-state index contributed by atoms with van der Waals surface area (Å²) in [6, 6.07) is 17.7. The summed E-state index contributed by atoms with van der Waals surface area (Å²) in [5.41, 5.74) is 1.93. The van der Waals surface area contributed by atoms with Crippen LogP contribution in [0.4, 0.5) is 10.5 Å². The van der Waals surface area contributed by atoms with E-state index in [2.05, 4.69) is 28.6 Å². The molecule has 0 spiro atoms. The molecular formula is C19H19N3OS2. The number of nitrogens with one attached hydrogen (secondary N) is 2. The van der Waals surface area contributed by atoms with Gasteiger partial charge in [0.2, 0.25) is 0 Å². The summed E-state index contributed by atoms with van der Waals surface area (Å²) in [7, 11) is 0. The number of urea groups is 1. The molecule has 0 atom stereocenters. The molecule has 0 unspecified atom stereocenters. The average molecular weight is 370 g/mol. The van der Waals surface area contributed by atoms with E-state index in [0.29, 0.717) is 6.54 Å². The summed E-state index contributed by atoms with van der Waals surface area (Å²) in [6.45, 7) is 2.60. The number of amides is 2. The first-order valence-corrected chi connectivity index (χ1v) is 9.72. The molecule has 2 N–H and O–H groups in total. The summed E-state index contributed by atoms with van der Waals surface area (Å²) in [5, 5.41) is 6.76. The zero-order valence-electron chi connectivity index (χ0n) is 13.9. The summed E-state index contributed by atoms with van der Waals surface area (Å²) >= 11 is 3.36. The number of nitrogens with zero attached hydrogens (tertiary/aromatic N) is 1. The van der Waals surface area contributed by atoms with Crippen LogP contribution in [0.5, 0.6) is 0 Å². The maximum Gasteiger partial charge on any atom is 0.319 e. The van der Waals surface area contributed by atoms with E-state index in [1.54, 1.807) is 29.3 Å². The molecule has 2 heterocycles. The molecule has 0 radical (unpaired) electrons. The third-order valence-corrected chi connectivity index (χ3v) is 5.44. The van der Waals surface area contributed by atoms with Gasteiger partial charge in [-0.3, -0.25) is 0 Å². The second kappa shape index (κ2) is 8.69. The first kappa shape index (κ1) is 17.5. The lowest BCUT2D eigenvalue weighted by atomic mass is 10.2. The van der Waals surface area contributed by atoms with Crippen molar-refractivity contribution in [2.75, 3.05) is 5.32 Å². The third kappa shape index (κ3) is 5.62. The lowest BCUT2D eigenvalue weighted by Gasteiger charge is -2.08. The highest BCUT2D eigenvalue weighted by molar-refractivity contribution is 7.98. The highest BCUT2D eigenvalue weighted by Crippen LogP contribution is 2.22. The van der Waals surface area contributed by atoms with Gasteiger partial charge < -0.3 is 10.6 Å². The van der Waals surface area contributed by atoms with Crippen molar-refractivity contribution >= 4 is 34.8 Å². The van der Waals surface area contributed by atoms with Gasteiger partial charge in [-0.1, -0.05) is 18.2 Å². The molecule has 0 fully saturated rings. The first-order valence-electron chi connectivity index (χ1n) is 7.92. The Morgan fingerprint density at radius 2 is 2.08 bits per heavy atom. The zero-order chi connectivity index (χ0) is 17.5. The molecule has 0 aliphatic carbocycles. The molecule has 1 aromatic carbocycles. The number of carbonyl (C=O) groups is 1. The molecule has 0 bridgehead atoms. The van der Waals surface area contributed by atoms with E-state index in [1.807, 2.05) is 48.5 Å². The fraction of sp³-hybridized carbons (Fsp3) is 0.158. The van der Waals surface area contributed by atoms with Gasteiger partial charge in [0, 0.05) is 27.4 Å². The number of hydrogen-bond acceptors (Lipinski definition) is 4. The maximum absolute atomic E-state index is 12.1. The molecule has 6 heteroatoms. The molecule has 3 rings (SSSR count). The van der Waals surface area contributed by atoms with E-state index in [-0.39, 0.29) is 6.03 Å². The second-order valence-corrected chi connectivity index (χ2v) is 7.85. The molecule has 128 valence electrons. The average Bonchev–Trinajstić information content (AvgIpc) is 3.05. The highest BCUT2D eigenvalue weighted by atomic mass is 32.2. The van der Waals surface area contributed by atoms with Crippen molar-refractivity contribution in [3.8, 4) is 0 Å². The molecular weight excluding hydrogens is 350 g/mol. The number of thioether (sulfide) groups is 1. The minimum atomic E-state index is -0.194. The first-order chi connectivity index (χ1) is 12.2. The van der Waals surface area contributed by atoms with Crippen LogP contribution in [0, 0.1) is 6.92 Å². The SMILES string of the molecule is Cc1ccc(CNC(=O)Nc2cccc(CSc3ccccn3)c2)s1. The molecule has 2 aromatic heterocycles. The van der Waals surface area contributed by atoms with Crippen LogP contribution in [-0.2, 0) is 12.3 Å². The van der Waals surface area contributed by atoms with Crippen molar-refractivity contribution in [1.82, 2.24) is 10.3 Å². The Morgan fingerprint density at radius 1 is 1.16 bits per heavy atom. The zero-order valence-corrected chi connectivity index (χ0v) is 15.5. The Kier molecular flexibility index (Phi) is 6.09. The van der Waals surface area contributed by atoms with Crippen LogP contribution in [0.25, 0.3) is 0 Å². The quantitative estimate of drug-likeness (QED) is 0.597. The van der Waals surface area contributed by atoms with Crippen molar-refractivity contribution < 1.29 is 4.79 Å². The predicted molar refractivity (Wildman–Crippen MR) is 105 cm³/mol. The molecule has 0 aliphatic heterocycles. The van der Waals surface area contributed by atoms with Gasteiger partial charge in [-0.25, -0.2) is 9.78 Å². The van der Waals surface area contributed by atoms with Crippen LogP contribution >= 0.6 is 23.1 Å². The largest absolute Gasteiger partial charge is 0.333 e. The Labute approximate surface area is 155 Å². The van der Waals surface area contributed by atoms with Crippen molar-refractivity contribution in [3.05, 3.63) is 76.1 Å². The van der Waals surface area contributed by atoms with E-state index in [9.17, 15) is 4.79 Å². The Morgan fingerprint density at radius 3 is 2.84 bits per heavy atom. The number of benzene rings is 1. The Bertz CT molecular complexity index is 833. The maximum atomic E-state index is 12.1. The second-order valence-electron chi connectivity index (χ2n) is 5.48. The van der Waals surface area contributed by atoms with Crippen LogP contribution in [-0.4, -0.2) is 11.0 Å². The normalized spacial score (nSPS) is 10.4. The molecule has 3 aromatic rings. The summed E-state index contributed by atoms with van der Waals surface area (Å²) in [4.78, 5) is 18.7. The van der Waals surface area contributed by atoms with Gasteiger partial charge in [0.25, 0.3) is 0 Å². The minimum Gasteiger partial charge on any atom is -0.333 e. The van der Waals surface area contributed by atoms with Crippen LogP contribution in [0.2, 0.25) is 0 Å². The number of hydrogen-bond donors (Lipinski definition) is 2. The van der Waals surface area contributed by atoms with Crippen LogP contribution in [0.15, 0.2) is 65.8 Å². The van der Waals surface area contributed by atoms with Gasteiger partial charge in [-0.05, 0) is 48.9 Å². The number of thiophene rings is 1. The molecule has 25 heavy (non-hydrogen) atoms. The van der Waals surface area contributed by atoms with Crippen molar-refractivity contribution in [3.63, 3.8) is 0 Å². The number of pyridine rings is 1. The number of anilines is 1. The fourth-order valence-electron chi connectivity index (χ4n) is 2.25. The summed E-state index contributed by atoms with van der Waals surface area (Å²) in [6.07, 6.45) is 1.79. The van der Waals surface area contributed by atoms with Gasteiger partial charge in [-0.15, -0.1) is 23.1 Å². The van der Waals surface area contributed by atoms with Gasteiger partial charge in [0.05, 0.1) is 11.6 Å². The number of rotatable bonds is 6. The molecule has 0 aliphatic rings. The minimum absolute atomic E-state index is 0.194. The topological polar surface area (TPSA) is 54.0 Å². The lowest BCUT2D eigenvalue weighted by Crippen LogP contribution is -2.27. The monoisotopic (exact) mass is 369 g/mol. The third-order valence-electron chi connectivity index (χ3n) is 3.43. The van der Waals surface area contributed by atoms with Crippen molar-refractivity contribution in [1.29, 1.82) is 0 Å². The summed E-state index contributed by atoms with van der Waals surface area (Å²) in [5.74, 6) is 0.808. The van der Waals surface area contributed by atoms with Gasteiger partial charge in [0.15, 0.2) is 0 Å². The molecule has 0 saturated carbocycles. The van der Waals surface area contributed by atoms with Gasteiger partial charge in [0.1, 0.15) is 0 Å². The summed E-state index contributed by atoms with van der Waals surface area (Å²) < 4.78 is 0. The van der Waals surface area contributed by atoms with Crippen molar-refractivity contribution in [2.24, 2.45) is 0 Å². The number of aromatic nitrogens is 1. The van der Waals surface area contributed by atoms with E-state index in [1.165, 1.54) is 4.88 Å². The van der Waals surface area contributed by atoms with Gasteiger partial charge >= 0.3 is 6.03 Å². The van der Waals surface area contributed by atoms with Crippen molar-refractivity contribution in [2.45, 2.75) is 24.2 Å². The van der Waals surface area contributed by atoms with E-state index >= 15 is 0 Å². The fourth-order valence-corrected chi connectivity index (χ4v) is 3.89. The number of aryl methyl sites for hydroxylation is 1. The Hall–Kier alpha value is -2.31. The van der Waals surface area contributed by atoms with Crippen LogP contribution in [0.1, 0.15) is 15.3 Å². The van der Waals surface area contributed by atoms with Crippen LogP contribution in [0.3, 0.4) is 0 Å². The van der Waals surface area contributed by atoms with E-state index in [4.69, 9.17) is 0 Å². The van der Waals surface area contributed by atoms with Gasteiger partial charge in [-0.2, -0.15) is 0 Å². The lowest BCUT2D eigenvalue weighted by molar-refractivity contribution is 0.252. The molecule has 2 amide bonds. The Balaban J connectivity index is 1.51. The molecule has 4 nitrogen and oxygen atoms in total. The standard InChI is InChI=1S/C19H19N3OS2/c1-14-8-9-17(25-14)12-21-19(23)22-16-6-4-5-15(11-16)13-24-18-7-2-3-10-20-18/h2-11H,12-13H2,1H3,(H2,21,22,23). The number of carbonyl (C=O) groups excluding carboxylic acids is 1. The molecule has 0 saturated heterocycles. The van der Waals surface area contributed by atoms with Crippen LogP contribution < -0.4 is 10.6 Å². The predicted octanol–water partition coefficient (Wildman–Crippen LogP) is 5.07. The van der Waals surface area contributed by atoms with E-state index in [0.717, 1.165) is 26.9 Å². The van der Waals surface area contributed by atoms with E-state index < -0.39 is 0 Å². The highest BCUT2D eigenvalue weighted by Gasteiger charge is 2.04.